The van der Waals surface area contributed by atoms with E-state index in [2.05, 4.69) is 15.3 Å². The monoisotopic (exact) mass is 287 g/mol. The van der Waals surface area contributed by atoms with Gasteiger partial charge in [0.1, 0.15) is 11.6 Å². The van der Waals surface area contributed by atoms with E-state index in [1.54, 1.807) is 12.4 Å². The number of carbonyl (C=O) groups excluding carboxylic acids is 1. The van der Waals surface area contributed by atoms with Crippen LogP contribution in [0, 0.1) is 6.92 Å². The number of aromatic amines is 1. The maximum atomic E-state index is 11.8. The van der Waals surface area contributed by atoms with Crippen molar-refractivity contribution in [3.63, 3.8) is 0 Å². The first-order chi connectivity index (χ1) is 10.1. The highest BCUT2D eigenvalue weighted by Crippen LogP contribution is 2.12. The van der Waals surface area contributed by atoms with Gasteiger partial charge in [-0.15, -0.1) is 0 Å². The van der Waals surface area contributed by atoms with E-state index in [4.69, 9.17) is 4.74 Å². The van der Waals surface area contributed by atoms with Gasteiger partial charge in [0.05, 0.1) is 12.6 Å². The van der Waals surface area contributed by atoms with E-state index in [0.29, 0.717) is 19.4 Å². The van der Waals surface area contributed by atoms with Gasteiger partial charge in [0, 0.05) is 18.8 Å². The summed E-state index contributed by atoms with van der Waals surface area (Å²) < 4.78 is 5.59. The molecule has 0 aliphatic heterocycles. The van der Waals surface area contributed by atoms with E-state index >= 15 is 0 Å². The fourth-order valence-electron chi connectivity index (χ4n) is 1.95. The molecule has 5 heteroatoms. The molecule has 0 spiro atoms. The van der Waals surface area contributed by atoms with Crippen molar-refractivity contribution in [3.05, 3.63) is 48.0 Å². The second kappa shape index (κ2) is 7.47. The minimum Gasteiger partial charge on any atom is -0.494 e. The number of rotatable bonds is 7. The Morgan fingerprint density at radius 1 is 1.38 bits per heavy atom. The largest absolute Gasteiger partial charge is 0.494 e. The standard InChI is InChI=1S/C16H21N3O2/c1-12-5-7-14(8-6-12)21-11-3-4-15(20)19-13(2)16-17-9-10-18-16/h5-10,13H,3-4,11H2,1-2H3,(H,17,18)(H,19,20). The smallest absolute Gasteiger partial charge is 0.220 e. The molecular weight excluding hydrogens is 266 g/mol. The number of H-pyrrole nitrogens is 1. The lowest BCUT2D eigenvalue weighted by Crippen LogP contribution is -2.27. The number of nitrogens with one attached hydrogen (secondary N) is 2. The van der Waals surface area contributed by atoms with Gasteiger partial charge in [-0.2, -0.15) is 0 Å². The van der Waals surface area contributed by atoms with Crippen LogP contribution < -0.4 is 10.1 Å². The molecule has 0 bridgehead atoms. The molecule has 1 amide bonds. The summed E-state index contributed by atoms with van der Waals surface area (Å²) in [7, 11) is 0. The summed E-state index contributed by atoms with van der Waals surface area (Å²) >= 11 is 0. The molecule has 1 aromatic heterocycles. The van der Waals surface area contributed by atoms with Crippen molar-refractivity contribution in [2.24, 2.45) is 0 Å². The van der Waals surface area contributed by atoms with E-state index in [-0.39, 0.29) is 11.9 Å². The molecule has 2 aromatic rings. The van der Waals surface area contributed by atoms with Crippen LogP contribution in [0.25, 0.3) is 0 Å². The van der Waals surface area contributed by atoms with Gasteiger partial charge in [0.15, 0.2) is 0 Å². The normalized spacial score (nSPS) is 11.9. The van der Waals surface area contributed by atoms with Crippen LogP contribution in [0.15, 0.2) is 36.7 Å². The number of hydrogen-bond acceptors (Lipinski definition) is 3. The third-order valence-electron chi connectivity index (χ3n) is 3.14. The zero-order valence-corrected chi connectivity index (χ0v) is 12.4. The summed E-state index contributed by atoms with van der Waals surface area (Å²) in [5.41, 5.74) is 1.20. The molecule has 1 unspecified atom stereocenters. The van der Waals surface area contributed by atoms with Crippen molar-refractivity contribution in [1.29, 1.82) is 0 Å². The topological polar surface area (TPSA) is 67.0 Å². The number of ether oxygens (including phenoxy) is 1. The molecule has 0 saturated heterocycles. The van der Waals surface area contributed by atoms with Crippen LogP contribution in [0.2, 0.25) is 0 Å². The van der Waals surface area contributed by atoms with Crippen LogP contribution >= 0.6 is 0 Å². The Morgan fingerprint density at radius 3 is 2.81 bits per heavy atom. The average molecular weight is 287 g/mol. The van der Waals surface area contributed by atoms with E-state index < -0.39 is 0 Å². The van der Waals surface area contributed by atoms with E-state index in [1.807, 2.05) is 38.1 Å². The van der Waals surface area contributed by atoms with Gasteiger partial charge < -0.3 is 15.0 Å². The number of nitrogens with zero attached hydrogens (tertiary/aromatic N) is 1. The molecule has 21 heavy (non-hydrogen) atoms. The highest BCUT2D eigenvalue weighted by molar-refractivity contribution is 5.76. The van der Waals surface area contributed by atoms with Crippen molar-refractivity contribution < 1.29 is 9.53 Å². The first-order valence-corrected chi connectivity index (χ1v) is 7.13. The Bertz CT molecular complexity index is 549. The van der Waals surface area contributed by atoms with Crippen molar-refractivity contribution in [2.75, 3.05) is 6.61 Å². The fourth-order valence-corrected chi connectivity index (χ4v) is 1.95. The van der Waals surface area contributed by atoms with Gasteiger partial charge in [-0.1, -0.05) is 17.7 Å². The summed E-state index contributed by atoms with van der Waals surface area (Å²) in [5, 5.41) is 2.90. The Balaban J connectivity index is 1.64. The third kappa shape index (κ3) is 4.95. The van der Waals surface area contributed by atoms with Crippen molar-refractivity contribution in [2.45, 2.75) is 32.7 Å². The third-order valence-corrected chi connectivity index (χ3v) is 3.14. The molecule has 1 heterocycles. The summed E-state index contributed by atoms with van der Waals surface area (Å²) in [6.07, 6.45) is 4.54. The van der Waals surface area contributed by atoms with E-state index in [1.165, 1.54) is 5.56 Å². The van der Waals surface area contributed by atoms with Crippen molar-refractivity contribution >= 4 is 5.91 Å². The number of aromatic nitrogens is 2. The molecule has 112 valence electrons. The number of carbonyl (C=O) groups is 1. The maximum Gasteiger partial charge on any atom is 0.220 e. The maximum absolute atomic E-state index is 11.8. The van der Waals surface area contributed by atoms with E-state index in [9.17, 15) is 4.79 Å². The van der Waals surface area contributed by atoms with Gasteiger partial charge in [0.25, 0.3) is 0 Å². The lowest BCUT2D eigenvalue weighted by atomic mass is 10.2. The molecule has 0 aliphatic rings. The Morgan fingerprint density at radius 2 is 2.14 bits per heavy atom. The molecule has 0 aliphatic carbocycles. The van der Waals surface area contributed by atoms with Crippen LogP contribution in [0.4, 0.5) is 0 Å². The molecule has 0 fully saturated rings. The number of hydrogen-bond donors (Lipinski definition) is 2. The SMILES string of the molecule is Cc1ccc(OCCCC(=O)NC(C)c2ncc[nH]2)cc1. The second-order valence-electron chi connectivity index (χ2n) is 5.03. The molecule has 2 N–H and O–H groups in total. The average Bonchev–Trinajstić information content (AvgIpc) is 3.00. The first kappa shape index (κ1) is 15.1. The zero-order valence-electron chi connectivity index (χ0n) is 12.4. The number of imidazole rings is 1. The fraction of sp³-hybridized carbons (Fsp3) is 0.375. The minimum atomic E-state index is -0.106. The predicted octanol–water partition coefficient (Wildman–Crippen LogP) is 2.75. The van der Waals surface area contributed by atoms with Gasteiger partial charge in [-0.3, -0.25) is 4.79 Å². The number of benzene rings is 1. The van der Waals surface area contributed by atoms with Crippen molar-refractivity contribution in [1.82, 2.24) is 15.3 Å². The molecule has 0 radical (unpaired) electrons. The number of amides is 1. The lowest BCUT2D eigenvalue weighted by Gasteiger charge is -2.11. The highest BCUT2D eigenvalue weighted by Gasteiger charge is 2.10. The molecule has 2 rings (SSSR count). The van der Waals surface area contributed by atoms with Crippen LogP contribution in [-0.4, -0.2) is 22.5 Å². The molecular formula is C16H21N3O2. The Hall–Kier alpha value is -2.30. The molecule has 5 nitrogen and oxygen atoms in total. The minimum absolute atomic E-state index is 0.00593. The zero-order chi connectivity index (χ0) is 15.1. The van der Waals surface area contributed by atoms with Crippen LogP contribution in [0.1, 0.15) is 37.2 Å². The summed E-state index contributed by atoms with van der Waals surface area (Å²) in [5.74, 6) is 1.61. The molecule has 1 atom stereocenters. The summed E-state index contributed by atoms with van der Waals surface area (Å²) in [6.45, 7) is 4.47. The van der Waals surface area contributed by atoms with Crippen LogP contribution in [-0.2, 0) is 4.79 Å². The Kier molecular flexibility index (Phi) is 5.37. The number of aryl methyl sites for hydroxylation is 1. The van der Waals surface area contributed by atoms with Gasteiger partial charge >= 0.3 is 0 Å². The van der Waals surface area contributed by atoms with Gasteiger partial charge in [-0.05, 0) is 32.4 Å². The highest BCUT2D eigenvalue weighted by atomic mass is 16.5. The van der Waals surface area contributed by atoms with Crippen LogP contribution in [0.5, 0.6) is 5.75 Å². The van der Waals surface area contributed by atoms with Crippen LogP contribution in [0.3, 0.4) is 0 Å². The second-order valence-corrected chi connectivity index (χ2v) is 5.03. The van der Waals surface area contributed by atoms with Gasteiger partial charge in [0.2, 0.25) is 5.91 Å². The van der Waals surface area contributed by atoms with Gasteiger partial charge in [-0.25, -0.2) is 4.98 Å². The molecule has 0 saturated carbocycles. The summed E-state index contributed by atoms with van der Waals surface area (Å²) in [4.78, 5) is 18.9. The van der Waals surface area contributed by atoms with E-state index in [0.717, 1.165) is 11.6 Å². The predicted molar refractivity (Wildman–Crippen MR) is 81.1 cm³/mol. The molecule has 1 aromatic carbocycles. The lowest BCUT2D eigenvalue weighted by molar-refractivity contribution is -0.122. The van der Waals surface area contributed by atoms with Crippen molar-refractivity contribution in [3.8, 4) is 5.75 Å². The summed E-state index contributed by atoms with van der Waals surface area (Å²) in [6, 6.07) is 7.79. The first-order valence-electron chi connectivity index (χ1n) is 7.13. The quantitative estimate of drug-likeness (QED) is 0.769. The Labute approximate surface area is 124 Å².